The first kappa shape index (κ1) is 22.1. The quantitative estimate of drug-likeness (QED) is 0.548. The van der Waals surface area contributed by atoms with E-state index in [0.29, 0.717) is 16.5 Å². The fraction of sp³-hybridized carbons (Fsp3) is 0.320. The fourth-order valence-corrected chi connectivity index (χ4v) is 4.40. The molecule has 3 aromatic rings. The molecule has 0 radical (unpaired) electrons. The Bertz CT molecular complexity index is 1150. The molecule has 0 aliphatic carbocycles. The van der Waals surface area contributed by atoms with Gasteiger partial charge in [0, 0.05) is 29.9 Å². The van der Waals surface area contributed by atoms with Crippen molar-refractivity contribution in [2.45, 2.75) is 24.8 Å². The lowest BCUT2D eigenvalue weighted by Crippen LogP contribution is -2.36. The molecule has 2 aromatic carbocycles. The van der Waals surface area contributed by atoms with E-state index in [4.69, 9.17) is 4.74 Å². The van der Waals surface area contributed by atoms with Crippen LogP contribution in [0.2, 0.25) is 0 Å². The van der Waals surface area contributed by atoms with Crippen LogP contribution in [0.4, 0.5) is 11.4 Å². The summed E-state index contributed by atoms with van der Waals surface area (Å²) in [5.41, 5.74) is 4.41. The summed E-state index contributed by atoms with van der Waals surface area (Å²) in [7, 11) is 0. The number of carbonyl (C=O) groups is 1. The average Bonchev–Trinajstić information content (AvgIpc) is 2.82. The van der Waals surface area contributed by atoms with E-state index in [1.54, 1.807) is 0 Å². The van der Waals surface area contributed by atoms with Crippen molar-refractivity contribution in [1.29, 1.82) is 5.26 Å². The Balaban J connectivity index is 1.40. The number of hydrogen-bond acceptors (Lipinski definition) is 6. The van der Waals surface area contributed by atoms with Crippen LogP contribution in [0.25, 0.3) is 10.9 Å². The number of carbonyl (C=O) groups excluding carboxylic acids is 1. The second-order valence-electron chi connectivity index (χ2n) is 8.04. The number of nitrogens with zero attached hydrogens (tertiary/aromatic N) is 3. The Morgan fingerprint density at radius 3 is 2.62 bits per heavy atom. The molecular weight excluding hydrogens is 420 g/mol. The van der Waals surface area contributed by atoms with E-state index < -0.39 is 0 Å². The molecule has 1 N–H and O–H groups in total. The number of hydrogen-bond donors (Lipinski definition) is 1. The van der Waals surface area contributed by atoms with Crippen LogP contribution in [0.3, 0.4) is 0 Å². The average molecular weight is 447 g/mol. The van der Waals surface area contributed by atoms with E-state index in [2.05, 4.69) is 47.3 Å². The predicted molar refractivity (Wildman–Crippen MR) is 129 cm³/mol. The third kappa shape index (κ3) is 5.21. The van der Waals surface area contributed by atoms with Crippen LogP contribution in [0.1, 0.15) is 30.9 Å². The zero-order valence-corrected chi connectivity index (χ0v) is 19.1. The summed E-state index contributed by atoms with van der Waals surface area (Å²) in [5, 5.41) is 14.0. The molecule has 32 heavy (non-hydrogen) atoms. The second kappa shape index (κ2) is 10.0. The number of benzene rings is 2. The number of morpholine rings is 1. The third-order valence-corrected chi connectivity index (χ3v) is 6.45. The van der Waals surface area contributed by atoms with Crippen LogP contribution in [0.5, 0.6) is 0 Å². The van der Waals surface area contributed by atoms with Gasteiger partial charge < -0.3 is 15.0 Å². The summed E-state index contributed by atoms with van der Waals surface area (Å²) in [6.45, 7) is 7.50. The van der Waals surface area contributed by atoms with Crippen molar-refractivity contribution < 1.29 is 9.53 Å². The van der Waals surface area contributed by atoms with Crippen LogP contribution >= 0.6 is 11.8 Å². The molecule has 1 saturated heterocycles. The van der Waals surface area contributed by atoms with Crippen molar-refractivity contribution in [3.63, 3.8) is 0 Å². The van der Waals surface area contributed by atoms with E-state index >= 15 is 0 Å². The van der Waals surface area contributed by atoms with Gasteiger partial charge in [-0.05, 0) is 53.9 Å². The lowest BCUT2D eigenvalue weighted by Gasteiger charge is -2.28. The highest BCUT2D eigenvalue weighted by atomic mass is 32.2. The van der Waals surface area contributed by atoms with Crippen LogP contribution < -0.4 is 10.2 Å². The van der Waals surface area contributed by atoms with Gasteiger partial charge in [0.2, 0.25) is 5.91 Å². The summed E-state index contributed by atoms with van der Waals surface area (Å²) in [4.78, 5) is 19.4. The minimum atomic E-state index is -0.130. The maximum Gasteiger partial charge on any atom is 0.234 e. The van der Waals surface area contributed by atoms with Crippen molar-refractivity contribution in [2.24, 2.45) is 0 Å². The molecule has 0 spiro atoms. The molecule has 4 rings (SSSR count). The SMILES string of the molecule is CC(C)c1ccc2nc(SCC(=O)Nc3ccc(N4CCOCC4)cc3)c(C#N)cc2c1. The molecule has 1 aliphatic heterocycles. The van der Waals surface area contributed by atoms with Crippen molar-refractivity contribution in [1.82, 2.24) is 4.98 Å². The Hall–Kier alpha value is -3.08. The molecule has 2 heterocycles. The predicted octanol–water partition coefficient (Wildman–Crippen LogP) is 4.80. The summed E-state index contributed by atoms with van der Waals surface area (Å²) in [5.74, 6) is 0.461. The van der Waals surface area contributed by atoms with Crippen LogP contribution in [0.15, 0.2) is 53.6 Å². The van der Waals surface area contributed by atoms with E-state index in [1.807, 2.05) is 36.4 Å². The number of amides is 1. The number of rotatable bonds is 6. The van der Waals surface area contributed by atoms with Gasteiger partial charge in [0.15, 0.2) is 0 Å². The number of thioether (sulfide) groups is 1. The Morgan fingerprint density at radius 1 is 1.19 bits per heavy atom. The standard InChI is InChI=1S/C25H26N4O2S/c1-17(2)18-3-8-23-19(13-18)14-20(15-26)25(28-23)32-16-24(30)27-21-4-6-22(7-5-21)29-9-11-31-12-10-29/h3-8,13-14,17H,9-12,16H2,1-2H3,(H,27,30). The molecule has 0 bridgehead atoms. The van der Waals surface area contributed by atoms with Gasteiger partial charge in [0.25, 0.3) is 0 Å². The number of aromatic nitrogens is 1. The molecule has 1 aromatic heterocycles. The Labute approximate surface area is 192 Å². The summed E-state index contributed by atoms with van der Waals surface area (Å²) >= 11 is 1.28. The molecule has 1 aliphatic rings. The van der Waals surface area contributed by atoms with Gasteiger partial charge in [-0.15, -0.1) is 0 Å². The first-order valence-corrected chi connectivity index (χ1v) is 11.7. The molecule has 0 saturated carbocycles. The Morgan fingerprint density at radius 2 is 1.94 bits per heavy atom. The largest absolute Gasteiger partial charge is 0.378 e. The van der Waals surface area contributed by atoms with Gasteiger partial charge in [0.05, 0.1) is 30.0 Å². The lowest BCUT2D eigenvalue weighted by molar-refractivity contribution is -0.113. The van der Waals surface area contributed by atoms with Gasteiger partial charge in [-0.3, -0.25) is 4.79 Å². The lowest BCUT2D eigenvalue weighted by atomic mass is 10.0. The molecular formula is C25H26N4O2S. The second-order valence-corrected chi connectivity index (χ2v) is 9.01. The Kier molecular flexibility index (Phi) is 6.93. The normalized spacial score (nSPS) is 13.9. The number of ether oxygens (including phenoxy) is 1. The molecule has 6 nitrogen and oxygen atoms in total. The van der Waals surface area contributed by atoms with Crippen LogP contribution in [-0.2, 0) is 9.53 Å². The molecule has 0 unspecified atom stereocenters. The van der Waals surface area contributed by atoms with Crippen molar-refractivity contribution in [3.8, 4) is 6.07 Å². The number of nitriles is 1. The topological polar surface area (TPSA) is 78.2 Å². The van der Waals surface area contributed by atoms with E-state index in [-0.39, 0.29) is 11.7 Å². The number of fused-ring (bicyclic) bond motifs is 1. The van der Waals surface area contributed by atoms with Gasteiger partial charge in [0.1, 0.15) is 11.1 Å². The van der Waals surface area contributed by atoms with Crippen molar-refractivity contribution in [3.05, 3.63) is 59.7 Å². The van der Waals surface area contributed by atoms with E-state index in [1.165, 1.54) is 17.3 Å². The molecule has 164 valence electrons. The summed E-state index contributed by atoms with van der Waals surface area (Å²) in [6, 6.07) is 18.0. The highest BCUT2D eigenvalue weighted by Gasteiger charge is 2.13. The number of pyridine rings is 1. The smallest absolute Gasteiger partial charge is 0.234 e. The van der Waals surface area contributed by atoms with Gasteiger partial charge in [-0.1, -0.05) is 31.7 Å². The number of anilines is 2. The van der Waals surface area contributed by atoms with Gasteiger partial charge >= 0.3 is 0 Å². The van der Waals surface area contributed by atoms with Gasteiger partial charge in [-0.2, -0.15) is 5.26 Å². The summed E-state index contributed by atoms with van der Waals surface area (Å²) < 4.78 is 5.39. The first-order chi connectivity index (χ1) is 15.5. The highest BCUT2D eigenvalue weighted by molar-refractivity contribution is 8.00. The summed E-state index contributed by atoms with van der Waals surface area (Å²) in [6.07, 6.45) is 0. The minimum absolute atomic E-state index is 0.130. The molecule has 7 heteroatoms. The highest BCUT2D eigenvalue weighted by Crippen LogP contribution is 2.27. The maximum absolute atomic E-state index is 12.5. The number of nitrogens with one attached hydrogen (secondary N) is 1. The first-order valence-electron chi connectivity index (χ1n) is 10.7. The zero-order valence-electron chi connectivity index (χ0n) is 18.3. The van der Waals surface area contributed by atoms with E-state index in [9.17, 15) is 10.1 Å². The van der Waals surface area contributed by atoms with Crippen molar-refractivity contribution in [2.75, 3.05) is 42.3 Å². The van der Waals surface area contributed by atoms with E-state index in [0.717, 1.165) is 48.6 Å². The third-order valence-electron chi connectivity index (χ3n) is 5.46. The molecule has 1 amide bonds. The van der Waals surface area contributed by atoms with Crippen LogP contribution in [0, 0.1) is 11.3 Å². The maximum atomic E-state index is 12.5. The zero-order chi connectivity index (χ0) is 22.5. The van der Waals surface area contributed by atoms with Crippen molar-refractivity contribution >= 4 is 39.9 Å². The van der Waals surface area contributed by atoms with Crippen LogP contribution in [-0.4, -0.2) is 42.9 Å². The van der Waals surface area contributed by atoms with Gasteiger partial charge in [-0.25, -0.2) is 4.98 Å². The molecule has 0 atom stereocenters. The fourth-order valence-electron chi connectivity index (χ4n) is 3.63. The minimum Gasteiger partial charge on any atom is -0.378 e. The molecule has 1 fully saturated rings. The monoisotopic (exact) mass is 446 g/mol.